The van der Waals surface area contributed by atoms with Crippen molar-refractivity contribution in [1.82, 2.24) is 14.8 Å². The minimum atomic E-state index is 0.306. The van der Waals surface area contributed by atoms with E-state index in [1.807, 2.05) is 4.68 Å². The van der Waals surface area contributed by atoms with Gasteiger partial charge in [-0.25, -0.2) is 4.98 Å². The molecule has 0 aromatic carbocycles. The van der Waals surface area contributed by atoms with Crippen LogP contribution in [0.15, 0.2) is 12.7 Å². The molecular formula is C9H18N4. The van der Waals surface area contributed by atoms with Crippen LogP contribution < -0.4 is 5.73 Å². The Bertz CT molecular complexity index is 228. The minimum absolute atomic E-state index is 0.306. The third-order valence-electron chi connectivity index (χ3n) is 2.31. The molecule has 0 saturated heterocycles. The van der Waals surface area contributed by atoms with Gasteiger partial charge >= 0.3 is 0 Å². The Morgan fingerprint density at radius 3 is 2.69 bits per heavy atom. The van der Waals surface area contributed by atoms with Crippen LogP contribution in [0, 0.1) is 5.41 Å². The summed E-state index contributed by atoms with van der Waals surface area (Å²) < 4.78 is 1.86. The fraction of sp³-hybridized carbons (Fsp3) is 0.778. The summed E-state index contributed by atoms with van der Waals surface area (Å²) in [6.45, 7) is 6.14. The van der Waals surface area contributed by atoms with Crippen molar-refractivity contribution in [3.8, 4) is 0 Å². The van der Waals surface area contributed by atoms with Gasteiger partial charge in [-0.2, -0.15) is 5.10 Å². The van der Waals surface area contributed by atoms with Gasteiger partial charge in [-0.3, -0.25) is 4.68 Å². The maximum absolute atomic E-state index is 5.53. The Morgan fingerprint density at radius 1 is 1.38 bits per heavy atom. The normalized spacial score (nSPS) is 11.9. The van der Waals surface area contributed by atoms with Gasteiger partial charge in [0.15, 0.2) is 0 Å². The van der Waals surface area contributed by atoms with E-state index in [0.717, 1.165) is 25.9 Å². The fourth-order valence-electron chi connectivity index (χ4n) is 1.28. The summed E-state index contributed by atoms with van der Waals surface area (Å²) >= 11 is 0. The summed E-state index contributed by atoms with van der Waals surface area (Å²) in [6, 6.07) is 0. The van der Waals surface area contributed by atoms with Crippen molar-refractivity contribution in [1.29, 1.82) is 0 Å². The third-order valence-corrected chi connectivity index (χ3v) is 2.31. The van der Waals surface area contributed by atoms with Crippen LogP contribution in [0.2, 0.25) is 0 Å². The third kappa shape index (κ3) is 3.55. The van der Waals surface area contributed by atoms with Crippen LogP contribution in [0.25, 0.3) is 0 Å². The lowest BCUT2D eigenvalue weighted by Crippen LogP contribution is -2.19. The van der Waals surface area contributed by atoms with Crippen LogP contribution in [0.3, 0.4) is 0 Å². The summed E-state index contributed by atoms with van der Waals surface area (Å²) in [5.74, 6) is 0. The molecule has 1 aromatic heterocycles. The molecule has 0 amide bonds. The highest BCUT2D eigenvalue weighted by Crippen LogP contribution is 2.24. The van der Waals surface area contributed by atoms with E-state index in [0.29, 0.717) is 5.41 Å². The molecule has 0 saturated carbocycles. The van der Waals surface area contributed by atoms with E-state index in [1.54, 1.807) is 12.7 Å². The number of nitrogens with two attached hydrogens (primary N) is 1. The molecule has 4 heteroatoms. The Morgan fingerprint density at radius 2 is 2.15 bits per heavy atom. The summed E-state index contributed by atoms with van der Waals surface area (Å²) in [5.41, 5.74) is 5.84. The molecule has 1 aromatic rings. The van der Waals surface area contributed by atoms with Gasteiger partial charge in [0.1, 0.15) is 12.7 Å². The van der Waals surface area contributed by atoms with Gasteiger partial charge in [0.2, 0.25) is 0 Å². The zero-order valence-corrected chi connectivity index (χ0v) is 8.40. The van der Waals surface area contributed by atoms with Crippen LogP contribution in [-0.4, -0.2) is 21.3 Å². The van der Waals surface area contributed by atoms with Crippen molar-refractivity contribution in [2.75, 3.05) is 6.54 Å². The molecule has 13 heavy (non-hydrogen) atoms. The predicted octanol–water partition coefficient (Wildman–Crippen LogP) is 1.04. The van der Waals surface area contributed by atoms with E-state index in [4.69, 9.17) is 5.73 Å². The highest BCUT2D eigenvalue weighted by Gasteiger charge is 2.16. The molecule has 0 radical (unpaired) electrons. The number of rotatable bonds is 5. The Kier molecular flexibility index (Phi) is 3.42. The smallest absolute Gasteiger partial charge is 0.137 e. The topological polar surface area (TPSA) is 56.7 Å². The Labute approximate surface area is 79.2 Å². The van der Waals surface area contributed by atoms with Crippen LogP contribution in [0.4, 0.5) is 0 Å². The quantitative estimate of drug-likeness (QED) is 0.740. The van der Waals surface area contributed by atoms with E-state index in [1.165, 1.54) is 0 Å². The number of hydrogen-bond acceptors (Lipinski definition) is 3. The number of aryl methyl sites for hydroxylation is 1. The minimum Gasteiger partial charge on any atom is -0.330 e. The van der Waals surface area contributed by atoms with Crippen molar-refractivity contribution in [2.24, 2.45) is 11.1 Å². The second kappa shape index (κ2) is 4.37. The molecule has 74 valence electrons. The molecule has 0 fully saturated rings. The van der Waals surface area contributed by atoms with Gasteiger partial charge in [-0.05, 0) is 24.8 Å². The highest BCUT2D eigenvalue weighted by molar-refractivity contribution is 4.69. The molecular weight excluding hydrogens is 164 g/mol. The van der Waals surface area contributed by atoms with Gasteiger partial charge in [0.25, 0.3) is 0 Å². The SMILES string of the molecule is CC(C)(CCN)CCn1cncn1. The lowest BCUT2D eigenvalue weighted by atomic mass is 9.86. The number of aromatic nitrogens is 3. The molecule has 0 aliphatic rings. The van der Waals surface area contributed by atoms with E-state index in [-0.39, 0.29) is 0 Å². The molecule has 4 nitrogen and oxygen atoms in total. The molecule has 0 unspecified atom stereocenters. The fourth-order valence-corrected chi connectivity index (χ4v) is 1.28. The van der Waals surface area contributed by atoms with E-state index in [2.05, 4.69) is 23.9 Å². The molecule has 0 aliphatic carbocycles. The second-order valence-corrected chi connectivity index (χ2v) is 4.11. The zero-order chi connectivity index (χ0) is 9.73. The molecule has 0 atom stereocenters. The van der Waals surface area contributed by atoms with Crippen molar-refractivity contribution in [3.63, 3.8) is 0 Å². The average molecular weight is 182 g/mol. The maximum atomic E-state index is 5.53. The van der Waals surface area contributed by atoms with Crippen LogP contribution in [0.1, 0.15) is 26.7 Å². The highest BCUT2D eigenvalue weighted by atomic mass is 15.3. The Hall–Kier alpha value is -0.900. The first-order valence-electron chi connectivity index (χ1n) is 4.66. The zero-order valence-electron chi connectivity index (χ0n) is 8.40. The van der Waals surface area contributed by atoms with E-state index >= 15 is 0 Å². The predicted molar refractivity (Wildman–Crippen MR) is 52.1 cm³/mol. The lowest BCUT2D eigenvalue weighted by molar-refractivity contribution is 0.288. The lowest BCUT2D eigenvalue weighted by Gasteiger charge is -2.23. The first-order valence-corrected chi connectivity index (χ1v) is 4.66. The van der Waals surface area contributed by atoms with Gasteiger partial charge < -0.3 is 5.73 Å². The van der Waals surface area contributed by atoms with E-state index in [9.17, 15) is 0 Å². The van der Waals surface area contributed by atoms with Gasteiger partial charge in [-0.15, -0.1) is 0 Å². The summed E-state index contributed by atoms with van der Waals surface area (Å²) in [4.78, 5) is 3.90. The van der Waals surface area contributed by atoms with Crippen molar-refractivity contribution in [2.45, 2.75) is 33.2 Å². The summed E-state index contributed by atoms with van der Waals surface area (Å²) in [7, 11) is 0. The van der Waals surface area contributed by atoms with Crippen molar-refractivity contribution < 1.29 is 0 Å². The molecule has 1 heterocycles. The summed E-state index contributed by atoms with van der Waals surface area (Å²) in [5, 5.41) is 4.05. The largest absolute Gasteiger partial charge is 0.330 e. The molecule has 2 N–H and O–H groups in total. The maximum Gasteiger partial charge on any atom is 0.137 e. The van der Waals surface area contributed by atoms with Crippen LogP contribution in [0.5, 0.6) is 0 Å². The molecule has 0 spiro atoms. The first-order chi connectivity index (χ1) is 6.14. The molecule has 0 aliphatic heterocycles. The van der Waals surface area contributed by atoms with Crippen LogP contribution >= 0.6 is 0 Å². The standard InChI is InChI=1S/C9H18N4/c1-9(2,3-5-10)4-6-13-8-11-7-12-13/h7-8H,3-6,10H2,1-2H3. The Balaban J connectivity index is 2.33. The summed E-state index contributed by atoms with van der Waals surface area (Å²) in [6.07, 6.45) is 5.46. The molecule has 1 rings (SSSR count). The van der Waals surface area contributed by atoms with Crippen molar-refractivity contribution >= 4 is 0 Å². The van der Waals surface area contributed by atoms with Gasteiger partial charge in [-0.1, -0.05) is 13.8 Å². The number of nitrogens with zero attached hydrogens (tertiary/aromatic N) is 3. The average Bonchev–Trinajstić information content (AvgIpc) is 2.52. The van der Waals surface area contributed by atoms with Gasteiger partial charge in [0.05, 0.1) is 0 Å². The van der Waals surface area contributed by atoms with Gasteiger partial charge in [0, 0.05) is 6.54 Å². The second-order valence-electron chi connectivity index (χ2n) is 4.11. The monoisotopic (exact) mass is 182 g/mol. The molecule has 0 bridgehead atoms. The van der Waals surface area contributed by atoms with Crippen molar-refractivity contribution in [3.05, 3.63) is 12.7 Å². The van der Waals surface area contributed by atoms with Crippen LogP contribution in [-0.2, 0) is 6.54 Å². The van der Waals surface area contributed by atoms with E-state index < -0.39 is 0 Å². The first kappa shape index (κ1) is 10.2. The number of hydrogen-bond donors (Lipinski definition) is 1.